The van der Waals surface area contributed by atoms with E-state index < -0.39 is 15.8 Å². The summed E-state index contributed by atoms with van der Waals surface area (Å²) >= 11 is 5.78. The Balaban J connectivity index is 1.40. The van der Waals surface area contributed by atoms with Gasteiger partial charge in [0.1, 0.15) is 5.75 Å². The molecule has 0 aliphatic rings. The Kier molecular flexibility index (Phi) is 6.47. The molecule has 0 atom stereocenters. The van der Waals surface area contributed by atoms with Gasteiger partial charge in [-0.2, -0.15) is 0 Å². The zero-order valence-corrected chi connectivity index (χ0v) is 18.7. The summed E-state index contributed by atoms with van der Waals surface area (Å²) in [5, 5.41) is 8.24. The van der Waals surface area contributed by atoms with Gasteiger partial charge in [-0.25, -0.2) is 12.8 Å². The number of hydrogen-bond acceptors (Lipinski definition) is 7. The van der Waals surface area contributed by atoms with Crippen molar-refractivity contribution >= 4 is 27.3 Å². The third-order valence-electron chi connectivity index (χ3n) is 4.46. The number of sulfonamides is 1. The molecule has 0 aliphatic heterocycles. The molecule has 0 saturated heterocycles. The number of hydrogen-bond donors (Lipinski definition) is 1. The molecule has 1 aromatic heterocycles. The second-order valence-electron chi connectivity index (χ2n) is 6.72. The first-order valence-electron chi connectivity index (χ1n) is 9.51. The summed E-state index contributed by atoms with van der Waals surface area (Å²) in [5.74, 6) is 0.252. The monoisotopic (exact) mass is 489 g/mol. The van der Waals surface area contributed by atoms with Gasteiger partial charge in [0.05, 0.1) is 17.7 Å². The van der Waals surface area contributed by atoms with Gasteiger partial charge in [0.15, 0.2) is 18.2 Å². The van der Waals surface area contributed by atoms with E-state index in [2.05, 4.69) is 14.9 Å². The number of aromatic nitrogens is 2. The van der Waals surface area contributed by atoms with Crippen molar-refractivity contribution in [2.75, 3.05) is 11.8 Å². The quantitative estimate of drug-likeness (QED) is 0.374. The molecule has 0 saturated carbocycles. The molecule has 0 aliphatic carbocycles. The van der Waals surface area contributed by atoms with E-state index in [4.69, 9.17) is 25.5 Å². The van der Waals surface area contributed by atoms with E-state index in [1.165, 1.54) is 36.4 Å². The number of nitrogens with zero attached hydrogens (tertiary/aromatic N) is 2. The van der Waals surface area contributed by atoms with E-state index in [0.29, 0.717) is 16.3 Å². The highest BCUT2D eigenvalue weighted by molar-refractivity contribution is 7.92. The maximum Gasteiger partial charge on any atom is 0.261 e. The van der Waals surface area contributed by atoms with Crippen molar-refractivity contribution in [3.8, 4) is 23.0 Å². The van der Waals surface area contributed by atoms with Gasteiger partial charge in [-0.1, -0.05) is 11.6 Å². The van der Waals surface area contributed by atoms with Gasteiger partial charge in [0.2, 0.25) is 5.89 Å². The van der Waals surface area contributed by atoms with Crippen LogP contribution in [0.4, 0.5) is 10.1 Å². The number of ether oxygens (including phenoxy) is 2. The van der Waals surface area contributed by atoms with Crippen LogP contribution < -0.4 is 14.2 Å². The second kappa shape index (κ2) is 9.47. The van der Waals surface area contributed by atoms with Gasteiger partial charge in [0, 0.05) is 16.7 Å². The summed E-state index contributed by atoms with van der Waals surface area (Å²) < 4.78 is 57.7. The van der Waals surface area contributed by atoms with E-state index in [0.717, 1.165) is 6.07 Å². The number of rotatable bonds is 8. The topological polar surface area (TPSA) is 104 Å². The fourth-order valence-electron chi connectivity index (χ4n) is 2.81. The first-order chi connectivity index (χ1) is 15.8. The van der Waals surface area contributed by atoms with Crippen molar-refractivity contribution in [3.63, 3.8) is 0 Å². The number of benzene rings is 3. The van der Waals surface area contributed by atoms with Crippen LogP contribution >= 0.6 is 11.6 Å². The maximum atomic E-state index is 14.5. The number of nitrogens with one attached hydrogen (secondary N) is 1. The van der Waals surface area contributed by atoms with Gasteiger partial charge >= 0.3 is 0 Å². The van der Waals surface area contributed by atoms with Crippen molar-refractivity contribution < 1.29 is 26.7 Å². The average Bonchev–Trinajstić information content (AvgIpc) is 3.28. The van der Waals surface area contributed by atoms with Crippen LogP contribution in [-0.4, -0.2) is 25.7 Å². The van der Waals surface area contributed by atoms with Crippen LogP contribution in [0.25, 0.3) is 11.5 Å². The van der Waals surface area contributed by atoms with Crippen LogP contribution in [-0.2, 0) is 16.6 Å². The Labute approximate surface area is 194 Å². The molecule has 1 heterocycles. The minimum atomic E-state index is -3.90. The molecule has 0 radical (unpaired) electrons. The van der Waals surface area contributed by atoms with Crippen molar-refractivity contribution in [1.82, 2.24) is 10.2 Å². The van der Waals surface area contributed by atoms with Gasteiger partial charge in [-0.15, -0.1) is 10.2 Å². The van der Waals surface area contributed by atoms with E-state index in [-0.39, 0.29) is 34.7 Å². The molecule has 8 nitrogen and oxygen atoms in total. The lowest BCUT2D eigenvalue weighted by atomic mass is 10.2. The van der Waals surface area contributed by atoms with Crippen LogP contribution in [0.15, 0.2) is 76.0 Å². The summed E-state index contributed by atoms with van der Waals surface area (Å²) in [5.41, 5.74) is 0.729. The molecule has 170 valence electrons. The van der Waals surface area contributed by atoms with Crippen molar-refractivity contribution in [2.24, 2.45) is 0 Å². The number of halogens is 2. The molecule has 4 rings (SSSR count). The minimum Gasteiger partial charge on any atom is -0.497 e. The normalized spacial score (nSPS) is 11.2. The summed E-state index contributed by atoms with van der Waals surface area (Å²) in [6.07, 6.45) is 0. The standard InChI is InChI=1S/C22H17ClFN3O5S/c1-30-17-7-2-14(3-8-17)22-26-25-21(32-22)13-31-20-11-6-16(12-19(20)24)27-33(28,29)18-9-4-15(23)5-10-18/h2-12,27H,13H2,1H3. The molecule has 0 fully saturated rings. The van der Waals surface area contributed by atoms with Crippen molar-refractivity contribution in [3.05, 3.63) is 83.5 Å². The highest BCUT2D eigenvalue weighted by atomic mass is 35.5. The number of anilines is 1. The van der Waals surface area contributed by atoms with E-state index in [1.54, 1.807) is 31.4 Å². The maximum absolute atomic E-state index is 14.5. The first kappa shape index (κ1) is 22.6. The first-order valence-corrected chi connectivity index (χ1v) is 11.4. The van der Waals surface area contributed by atoms with Crippen LogP contribution in [0.5, 0.6) is 11.5 Å². The molecule has 3 aromatic carbocycles. The highest BCUT2D eigenvalue weighted by Crippen LogP contribution is 2.25. The van der Waals surface area contributed by atoms with Crippen LogP contribution in [0.1, 0.15) is 5.89 Å². The van der Waals surface area contributed by atoms with Gasteiger partial charge < -0.3 is 13.9 Å². The van der Waals surface area contributed by atoms with Gasteiger partial charge in [0.25, 0.3) is 15.9 Å². The van der Waals surface area contributed by atoms with E-state index in [1.807, 2.05) is 0 Å². The minimum absolute atomic E-state index is 0.00306. The summed E-state index contributed by atoms with van der Waals surface area (Å²) in [7, 11) is -2.33. The fraction of sp³-hybridized carbons (Fsp3) is 0.0909. The second-order valence-corrected chi connectivity index (χ2v) is 8.84. The molecule has 33 heavy (non-hydrogen) atoms. The zero-order chi connectivity index (χ0) is 23.4. The average molecular weight is 490 g/mol. The molecule has 0 bridgehead atoms. The van der Waals surface area contributed by atoms with Crippen LogP contribution in [0.3, 0.4) is 0 Å². The van der Waals surface area contributed by atoms with E-state index in [9.17, 15) is 12.8 Å². The van der Waals surface area contributed by atoms with Gasteiger partial charge in [-0.3, -0.25) is 4.72 Å². The van der Waals surface area contributed by atoms with Crippen LogP contribution in [0.2, 0.25) is 5.02 Å². The molecule has 11 heteroatoms. The van der Waals surface area contributed by atoms with Crippen LogP contribution in [0, 0.1) is 5.82 Å². The third-order valence-corrected chi connectivity index (χ3v) is 6.11. The lowest BCUT2D eigenvalue weighted by molar-refractivity contribution is 0.253. The lowest BCUT2D eigenvalue weighted by Crippen LogP contribution is -2.13. The highest BCUT2D eigenvalue weighted by Gasteiger charge is 2.16. The molecule has 0 amide bonds. The molecule has 1 N–H and O–H groups in total. The molecular weight excluding hydrogens is 473 g/mol. The van der Waals surface area contributed by atoms with E-state index >= 15 is 0 Å². The Hall–Kier alpha value is -3.63. The Morgan fingerprint density at radius 3 is 2.42 bits per heavy atom. The molecule has 4 aromatic rings. The Morgan fingerprint density at radius 1 is 1.03 bits per heavy atom. The van der Waals surface area contributed by atoms with Crippen molar-refractivity contribution in [2.45, 2.75) is 11.5 Å². The third kappa shape index (κ3) is 5.41. The Morgan fingerprint density at radius 2 is 1.76 bits per heavy atom. The van der Waals surface area contributed by atoms with Gasteiger partial charge in [-0.05, 0) is 60.7 Å². The molecule has 0 spiro atoms. The summed E-state index contributed by atoms with van der Waals surface area (Å²) in [4.78, 5) is -0.00306. The molecular formula is C22H17ClFN3O5S. The fourth-order valence-corrected chi connectivity index (χ4v) is 3.99. The summed E-state index contributed by atoms with van der Waals surface area (Å²) in [6.45, 7) is -0.171. The number of methoxy groups -OCH3 is 1. The largest absolute Gasteiger partial charge is 0.497 e. The predicted molar refractivity (Wildman–Crippen MR) is 119 cm³/mol. The zero-order valence-electron chi connectivity index (χ0n) is 17.2. The lowest BCUT2D eigenvalue weighted by Gasteiger charge is -2.10. The smallest absolute Gasteiger partial charge is 0.261 e. The predicted octanol–water partition coefficient (Wildman–Crippen LogP) is 4.92. The molecule has 0 unspecified atom stereocenters. The van der Waals surface area contributed by atoms with Crippen molar-refractivity contribution in [1.29, 1.82) is 0 Å². The SMILES string of the molecule is COc1ccc(-c2nnc(COc3ccc(NS(=O)(=O)c4ccc(Cl)cc4)cc3F)o2)cc1. The summed E-state index contributed by atoms with van der Waals surface area (Å²) in [6, 6.07) is 16.3. The Bertz CT molecular complexity index is 1360.